The Bertz CT molecular complexity index is 501. The Hall–Kier alpha value is -1.51. The van der Waals surface area contributed by atoms with Crippen LogP contribution < -0.4 is 4.74 Å². The molecular weight excluding hydrogens is 264 g/mol. The summed E-state index contributed by atoms with van der Waals surface area (Å²) in [4.78, 5) is 12.0. The van der Waals surface area contributed by atoms with E-state index < -0.39 is 11.4 Å². The van der Waals surface area contributed by atoms with E-state index in [1.807, 2.05) is 18.2 Å². The van der Waals surface area contributed by atoms with Gasteiger partial charge in [0.25, 0.3) is 0 Å². The maximum absolute atomic E-state index is 12.0. The smallest absolute Gasteiger partial charge is 0.309 e. The van der Waals surface area contributed by atoms with Crippen molar-refractivity contribution >= 4 is 5.97 Å². The van der Waals surface area contributed by atoms with Crippen molar-refractivity contribution in [3.8, 4) is 5.75 Å². The molecule has 1 heterocycles. The number of aliphatic carboxylic acids is 1. The van der Waals surface area contributed by atoms with Crippen LogP contribution in [-0.2, 0) is 4.79 Å². The second-order valence-corrected chi connectivity index (χ2v) is 6.58. The van der Waals surface area contributed by atoms with Gasteiger partial charge in [0, 0.05) is 0 Å². The maximum Gasteiger partial charge on any atom is 0.309 e. The van der Waals surface area contributed by atoms with Crippen LogP contribution in [0.2, 0.25) is 0 Å². The molecule has 1 atom stereocenters. The molecule has 0 amide bonds. The Morgan fingerprint density at radius 1 is 1.19 bits per heavy atom. The highest BCUT2D eigenvalue weighted by Crippen LogP contribution is 2.46. The van der Waals surface area contributed by atoms with Gasteiger partial charge in [0.1, 0.15) is 5.75 Å². The highest BCUT2D eigenvalue weighted by molar-refractivity contribution is 5.74. The lowest BCUT2D eigenvalue weighted by Gasteiger charge is -2.35. The zero-order valence-corrected chi connectivity index (χ0v) is 12.5. The van der Waals surface area contributed by atoms with E-state index in [9.17, 15) is 9.90 Å². The molecular formula is C18H24O3. The highest BCUT2D eigenvalue weighted by atomic mass is 16.5. The van der Waals surface area contributed by atoms with Crippen LogP contribution in [0.1, 0.15) is 62.8 Å². The van der Waals surface area contributed by atoms with Crippen molar-refractivity contribution in [3.63, 3.8) is 0 Å². The molecule has 1 fully saturated rings. The molecule has 1 aliphatic heterocycles. The fourth-order valence-corrected chi connectivity index (χ4v) is 4.01. The lowest BCUT2D eigenvalue weighted by molar-refractivity contribution is -0.150. The van der Waals surface area contributed by atoms with Crippen LogP contribution in [0.4, 0.5) is 0 Å². The average Bonchev–Trinajstić information content (AvgIpc) is 2.74. The van der Waals surface area contributed by atoms with Gasteiger partial charge in [0.05, 0.1) is 12.0 Å². The molecule has 0 saturated heterocycles. The summed E-state index contributed by atoms with van der Waals surface area (Å²) in [6, 6.07) is 8.12. The summed E-state index contributed by atoms with van der Waals surface area (Å²) >= 11 is 0. The summed E-state index contributed by atoms with van der Waals surface area (Å²) in [6.45, 7) is 0.706. The molecule has 0 aromatic heterocycles. The molecule has 1 unspecified atom stereocenters. The van der Waals surface area contributed by atoms with Gasteiger partial charge in [0.15, 0.2) is 0 Å². The third-order valence-electron chi connectivity index (χ3n) is 5.23. The van der Waals surface area contributed by atoms with Crippen molar-refractivity contribution in [2.24, 2.45) is 5.41 Å². The van der Waals surface area contributed by atoms with E-state index in [1.54, 1.807) is 0 Å². The molecule has 114 valence electrons. The van der Waals surface area contributed by atoms with Crippen molar-refractivity contribution in [3.05, 3.63) is 29.8 Å². The standard InChI is InChI=1S/C18H24O3/c19-17(20)18(10-5-1-2-6-11-18)13-14-9-12-21-16-8-4-3-7-15(14)16/h3-4,7-8,14H,1-2,5-6,9-13H2,(H,19,20). The summed E-state index contributed by atoms with van der Waals surface area (Å²) in [5.74, 6) is 0.681. The number of hydrogen-bond acceptors (Lipinski definition) is 2. The first kappa shape index (κ1) is 14.4. The van der Waals surface area contributed by atoms with Gasteiger partial charge in [-0.3, -0.25) is 4.79 Å². The first-order valence-electron chi connectivity index (χ1n) is 8.16. The van der Waals surface area contributed by atoms with E-state index in [1.165, 1.54) is 18.4 Å². The summed E-state index contributed by atoms with van der Waals surface area (Å²) in [5.41, 5.74) is 0.680. The minimum atomic E-state index is -0.589. The van der Waals surface area contributed by atoms with Crippen molar-refractivity contribution in [1.29, 1.82) is 0 Å². The average molecular weight is 288 g/mol. The van der Waals surface area contributed by atoms with Gasteiger partial charge in [-0.05, 0) is 43.2 Å². The van der Waals surface area contributed by atoms with Gasteiger partial charge < -0.3 is 9.84 Å². The highest BCUT2D eigenvalue weighted by Gasteiger charge is 2.41. The molecule has 1 aromatic rings. The number of ether oxygens (including phenoxy) is 1. The van der Waals surface area contributed by atoms with Crippen molar-refractivity contribution in [2.45, 2.75) is 57.3 Å². The topological polar surface area (TPSA) is 46.5 Å². The van der Waals surface area contributed by atoms with E-state index in [4.69, 9.17) is 4.74 Å². The minimum absolute atomic E-state index is 0.323. The lowest BCUT2D eigenvalue weighted by atomic mass is 9.71. The van der Waals surface area contributed by atoms with Gasteiger partial charge in [-0.1, -0.05) is 43.9 Å². The predicted molar refractivity (Wildman–Crippen MR) is 81.7 cm³/mol. The number of hydrogen-bond donors (Lipinski definition) is 1. The van der Waals surface area contributed by atoms with E-state index in [0.29, 0.717) is 12.5 Å². The minimum Gasteiger partial charge on any atom is -0.493 e. The van der Waals surface area contributed by atoms with Gasteiger partial charge in [-0.15, -0.1) is 0 Å². The zero-order chi connectivity index (χ0) is 14.7. The van der Waals surface area contributed by atoms with Crippen LogP contribution in [0.3, 0.4) is 0 Å². The molecule has 21 heavy (non-hydrogen) atoms. The second kappa shape index (κ2) is 6.08. The molecule has 1 aliphatic carbocycles. The third-order valence-corrected chi connectivity index (χ3v) is 5.23. The molecule has 3 heteroatoms. The maximum atomic E-state index is 12.0. The molecule has 0 radical (unpaired) electrons. The van der Waals surface area contributed by atoms with Gasteiger partial charge in [-0.2, -0.15) is 0 Å². The number of carboxylic acids is 1. The van der Waals surface area contributed by atoms with Crippen LogP contribution in [0.15, 0.2) is 24.3 Å². The molecule has 0 bridgehead atoms. The van der Waals surface area contributed by atoms with E-state index in [0.717, 1.165) is 44.3 Å². The molecule has 0 spiro atoms. The molecule has 2 aliphatic rings. The van der Waals surface area contributed by atoms with E-state index in [2.05, 4.69) is 6.07 Å². The Balaban J connectivity index is 1.85. The lowest BCUT2D eigenvalue weighted by Crippen LogP contribution is -2.33. The molecule has 1 aromatic carbocycles. The number of rotatable bonds is 3. The van der Waals surface area contributed by atoms with Crippen molar-refractivity contribution < 1.29 is 14.6 Å². The van der Waals surface area contributed by atoms with Crippen molar-refractivity contribution in [2.75, 3.05) is 6.61 Å². The first-order chi connectivity index (χ1) is 10.2. The second-order valence-electron chi connectivity index (χ2n) is 6.58. The molecule has 3 rings (SSSR count). The van der Waals surface area contributed by atoms with E-state index >= 15 is 0 Å². The van der Waals surface area contributed by atoms with Gasteiger partial charge in [0.2, 0.25) is 0 Å². The van der Waals surface area contributed by atoms with Crippen LogP contribution in [0.25, 0.3) is 0 Å². The number of carboxylic acid groups (broad SMARTS) is 1. The quantitative estimate of drug-likeness (QED) is 0.840. The number of para-hydroxylation sites is 1. The number of carbonyl (C=O) groups is 1. The van der Waals surface area contributed by atoms with Crippen molar-refractivity contribution in [1.82, 2.24) is 0 Å². The van der Waals surface area contributed by atoms with Crippen LogP contribution in [0.5, 0.6) is 5.75 Å². The monoisotopic (exact) mass is 288 g/mol. The van der Waals surface area contributed by atoms with Crippen LogP contribution in [-0.4, -0.2) is 17.7 Å². The summed E-state index contributed by atoms with van der Waals surface area (Å²) in [6.07, 6.45) is 7.84. The Labute approximate surface area is 126 Å². The van der Waals surface area contributed by atoms with Crippen LogP contribution in [0, 0.1) is 5.41 Å². The summed E-state index contributed by atoms with van der Waals surface area (Å²) < 4.78 is 5.71. The molecule has 3 nitrogen and oxygen atoms in total. The largest absolute Gasteiger partial charge is 0.493 e. The van der Waals surface area contributed by atoms with E-state index in [-0.39, 0.29) is 0 Å². The zero-order valence-electron chi connectivity index (χ0n) is 12.5. The third kappa shape index (κ3) is 2.92. The summed E-state index contributed by atoms with van der Waals surface area (Å²) in [7, 11) is 0. The van der Waals surface area contributed by atoms with Crippen LogP contribution >= 0.6 is 0 Å². The molecule has 1 N–H and O–H groups in total. The van der Waals surface area contributed by atoms with Gasteiger partial charge in [-0.25, -0.2) is 0 Å². The normalized spacial score (nSPS) is 24.5. The SMILES string of the molecule is O=C(O)C1(CC2CCOc3ccccc32)CCCCCC1. The first-order valence-corrected chi connectivity index (χ1v) is 8.16. The number of benzene rings is 1. The fourth-order valence-electron chi connectivity index (χ4n) is 4.01. The Morgan fingerprint density at radius 2 is 1.90 bits per heavy atom. The Morgan fingerprint density at radius 3 is 2.62 bits per heavy atom. The predicted octanol–water partition coefficient (Wildman–Crippen LogP) is 4.37. The summed E-state index contributed by atoms with van der Waals surface area (Å²) in [5, 5.41) is 9.86. The molecule has 1 saturated carbocycles. The number of fused-ring (bicyclic) bond motifs is 1. The van der Waals surface area contributed by atoms with Gasteiger partial charge >= 0.3 is 5.97 Å². The fraction of sp³-hybridized carbons (Fsp3) is 0.611. The Kier molecular flexibility index (Phi) is 4.18.